The zero-order chi connectivity index (χ0) is 13.1. The largest absolute Gasteiger partial charge is 0.372 e. The van der Waals surface area contributed by atoms with Crippen LogP contribution in [-0.2, 0) is 11.3 Å². The lowest BCUT2D eigenvalue weighted by Crippen LogP contribution is -2.31. The Bertz CT molecular complexity index is 526. The fourth-order valence-corrected chi connectivity index (χ4v) is 3.19. The van der Waals surface area contributed by atoms with Crippen molar-refractivity contribution in [3.63, 3.8) is 0 Å². The number of hydrogen-bond donors (Lipinski definition) is 1. The number of thiazole rings is 1. The van der Waals surface area contributed by atoms with Crippen LogP contribution in [0.15, 0.2) is 35.7 Å². The van der Waals surface area contributed by atoms with Gasteiger partial charge in [-0.05, 0) is 18.9 Å². The van der Waals surface area contributed by atoms with Crippen molar-refractivity contribution in [2.24, 2.45) is 0 Å². The summed E-state index contributed by atoms with van der Waals surface area (Å²) in [6.45, 7) is 3.69. The van der Waals surface area contributed by atoms with Gasteiger partial charge in [-0.25, -0.2) is 4.98 Å². The van der Waals surface area contributed by atoms with Crippen molar-refractivity contribution >= 4 is 11.3 Å². The van der Waals surface area contributed by atoms with E-state index in [0.717, 1.165) is 30.3 Å². The molecule has 0 spiro atoms. The Kier molecular flexibility index (Phi) is 3.92. The fourth-order valence-electron chi connectivity index (χ4n) is 2.47. The van der Waals surface area contributed by atoms with Gasteiger partial charge in [0.2, 0.25) is 0 Å². The maximum atomic E-state index is 5.87. The van der Waals surface area contributed by atoms with Crippen LogP contribution in [0, 0.1) is 6.92 Å². The first-order chi connectivity index (χ1) is 9.33. The van der Waals surface area contributed by atoms with Gasteiger partial charge in [0.25, 0.3) is 0 Å². The second-order valence-corrected chi connectivity index (χ2v) is 5.80. The molecular formula is C15H18N2OS. The molecule has 1 aromatic carbocycles. The SMILES string of the molecule is Cc1csc(CN[C@H]2CCO[C@@H]2c2ccccc2)n1. The van der Waals surface area contributed by atoms with Crippen molar-refractivity contribution < 1.29 is 4.74 Å². The molecule has 3 rings (SSSR count). The third-order valence-electron chi connectivity index (χ3n) is 3.40. The van der Waals surface area contributed by atoms with Crippen molar-refractivity contribution in [2.45, 2.75) is 32.0 Å². The normalized spacial score (nSPS) is 22.8. The number of ether oxygens (including phenoxy) is 1. The lowest BCUT2D eigenvalue weighted by molar-refractivity contribution is 0.0985. The van der Waals surface area contributed by atoms with Crippen molar-refractivity contribution in [2.75, 3.05) is 6.61 Å². The highest BCUT2D eigenvalue weighted by Gasteiger charge is 2.29. The number of nitrogens with zero attached hydrogens (tertiary/aromatic N) is 1. The number of hydrogen-bond acceptors (Lipinski definition) is 4. The molecule has 0 bridgehead atoms. The summed E-state index contributed by atoms with van der Waals surface area (Å²) in [5, 5.41) is 6.83. The lowest BCUT2D eigenvalue weighted by Gasteiger charge is -2.19. The first kappa shape index (κ1) is 12.8. The summed E-state index contributed by atoms with van der Waals surface area (Å²) in [4.78, 5) is 4.48. The Morgan fingerprint density at radius 2 is 2.21 bits per heavy atom. The van der Waals surface area contributed by atoms with Crippen molar-refractivity contribution in [1.29, 1.82) is 0 Å². The van der Waals surface area contributed by atoms with Gasteiger partial charge in [0.15, 0.2) is 0 Å². The zero-order valence-corrected chi connectivity index (χ0v) is 11.8. The van der Waals surface area contributed by atoms with Gasteiger partial charge in [-0.1, -0.05) is 30.3 Å². The Hall–Kier alpha value is -1.23. The Morgan fingerprint density at radius 1 is 1.37 bits per heavy atom. The summed E-state index contributed by atoms with van der Waals surface area (Å²) in [5.74, 6) is 0. The van der Waals surface area contributed by atoms with Crippen LogP contribution in [0.4, 0.5) is 0 Å². The number of aryl methyl sites for hydroxylation is 1. The summed E-state index contributed by atoms with van der Waals surface area (Å²) in [6, 6.07) is 10.8. The second kappa shape index (κ2) is 5.82. The molecule has 0 amide bonds. The second-order valence-electron chi connectivity index (χ2n) is 4.86. The maximum Gasteiger partial charge on any atom is 0.107 e. The number of benzene rings is 1. The highest BCUT2D eigenvalue weighted by Crippen LogP contribution is 2.29. The Labute approximate surface area is 117 Å². The van der Waals surface area contributed by atoms with Gasteiger partial charge >= 0.3 is 0 Å². The smallest absolute Gasteiger partial charge is 0.107 e. The molecule has 0 saturated carbocycles. The van der Waals surface area contributed by atoms with Gasteiger partial charge in [0.05, 0.1) is 6.10 Å². The van der Waals surface area contributed by atoms with E-state index in [0.29, 0.717) is 6.04 Å². The predicted octanol–water partition coefficient (Wildman–Crippen LogP) is 3.07. The van der Waals surface area contributed by atoms with Crippen LogP contribution in [0.3, 0.4) is 0 Å². The fraction of sp³-hybridized carbons (Fsp3) is 0.400. The highest BCUT2D eigenvalue weighted by atomic mass is 32.1. The number of rotatable bonds is 4. The predicted molar refractivity (Wildman–Crippen MR) is 77.2 cm³/mol. The minimum Gasteiger partial charge on any atom is -0.372 e. The molecule has 1 aliphatic heterocycles. The molecule has 3 nitrogen and oxygen atoms in total. The van der Waals surface area contributed by atoms with Gasteiger partial charge in [0, 0.05) is 30.3 Å². The quantitative estimate of drug-likeness (QED) is 0.930. The average molecular weight is 274 g/mol. The van der Waals surface area contributed by atoms with Crippen molar-refractivity contribution in [1.82, 2.24) is 10.3 Å². The van der Waals surface area contributed by atoms with Crippen LogP contribution in [0.25, 0.3) is 0 Å². The molecule has 1 fully saturated rings. The van der Waals surface area contributed by atoms with Gasteiger partial charge < -0.3 is 10.1 Å². The Morgan fingerprint density at radius 3 is 2.95 bits per heavy atom. The van der Waals surface area contributed by atoms with Gasteiger partial charge in [0.1, 0.15) is 5.01 Å². The number of aromatic nitrogens is 1. The van der Waals surface area contributed by atoms with E-state index in [-0.39, 0.29) is 6.10 Å². The summed E-state index contributed by atoms with van der Waals surface area (Å²) in [5.41, 5.74) is 2.36. The first-order valence-corrected chi connectivity index (χ1v) is 7.52. The minimum absolute atomic E-state index is 0.169. The summed E-state index contributed by atoms with van der Waals surface area (Å²) >= 11 is 1.72. The number of nitrogens with one attached hydrogen (secondary N) is 1. The molecule has 0 radical (unpaired) electrons. The third-order valence-corrected chi connectivity index (χ3v) is 4.37. The Balaban J connectivity index is 1.64. The van der Waals surface area contributed by atoms with Crippen LogP contribution in [-0.4, -0.2) is 17.6 Å². The average Bonchev–Trinajstić information content (AvgIpc) is 3.06. The van der Waals surface area contributed by atoms with E-state index >= 15 is 0 Å². The summed E-state index contributed by atoms with van der Waals surface area (Å²) in [6.07, 6.45) is 1.23. The molecule has 100 valence electrons. The summed E-state index contributed by atoms with van der Waals surface area (Å²) < 4.78 is 5.87. The van der Waals surface area contributed by atoms with Crippen LogP contribution >= 0.6 is 11.3 Å². The molecule has 0 aliphatic carbocycles. The molecule has 2 heterocycles. The third kappa shape index (κ3) is 3.03. The van der Waals surface area contributed by atoms with E-state index in [2.05, 4.69) is 39.9 Å². The highest BCUT2D eigenvalue weighted by molar-refractivity contribution is 7.09. The molecule has 1 aliphatic rings. The van der Waals surface area contributed by atoms with Crippen LogP contribution in [0.1, 0.15) is 28.8 Å². The monoisotopic (exact) mass is 274 g/mol. The van der Waals surface area contributed by atoms with Crippen molar-refractivity contribution in [3.05, 3.63) is 52.0 Å². The lowest BCUT2D eigenvalue weighted by atomic mass is 10.0. The van der Waals surface area contributed by atoms with E-state index in [9.17, 15) is 0 Å². The molecule has 4 heteroatoms. The molecule has 19 heavy (non-hydrogen) atoms. The zero-order valence-electron chi connectivity index (χ0n) is 11.0. The molecule has 1 N–H and O–H groups in total. The van der Waals surface area contributed by atoms with Gasteiger partial charge in [-0.3, -0.25) is 0 Å². The summed E-state index contributed by atoms with van der Waals surface area (Å²) in [7, 11) is 0. The molecule has 1 saturated heterocycles. The van der Waals surface area contributed by atoms with Crippen molar-refractivity contribution in [3.8, 4) is 0 Å². The topological polar surface area (TPSA) is 34.1 Å². The maximum absolute atomic E-state index is 5.87. The van der Waals surface area contributed by atoms with E-state index in [1.807, 2.05) is 13.0 Å². The van der Waals surface area contributed by atoms with Gasteiger partial charge in [-0.2, -0.15) is 0 Å². The molecular weight excluding hydrogens is 256 g/mol. The van der Waals surface area contributed by atoms with Crippen LogP contribution in [0.5, 0.6) is 0 Å². The molecule has 0 unspecified atom stereocenters. The molecule has 2 atom stereocenters. The standard InChI is InChI=1S/C15H18N2OS/c1-11-10-19-14(17-11)9-16-13-7-8-18-15(13)12-5-3-2-4-6-12/h2-6,10,13,15-16H,7-9H2,1H3/t13-,15+/m0/s1. The molecule has 1 aromatic heterocycles. The van der Waals surface area contributed by atoms with E-state index in [1.165, 1.54) is 5.56 Å². The van der Waals surface area contributed by atoms with E-state index in [1.54, 1.807) is 11.3 Å². The van der Waals surface area contributed by atoms with Crippen LogP contribution < -0.4 is 5.32 Å². The van der Waals surface area contributed by atoms with E-state index in [4.69, 9.17) is 4.74 Å². The first-order valence-electron chi connectivity index (χ1n) is 6.64. The van der Waals surface area contributed by atoms with E-state index < -0.39 is 0 Å². The minimum atomic E-state index is 0.169. The van der Waals surface area contributed by atoms with Crippen LogP contribution in [0.2, 0.25) is 0 Å². The van der Waals surface area contributed by atoms with Gasteiger partial charge in [-0.15, -0.1) is 11.3 Å². The molecule has 2 aromatic rings.